The highest BCUT2D eigenvalue weighted by atomic mass is 16.5. The van der Waals surface area contributed by atoms with Crippen molar-refractivity contribution in [3.63, 3.8) is 0 Å². The highest BCUT2D eigenvalue weighted by molar-refractivity contribution is 5.81. The molecule has 108 valence electrons. The van der Waals surface area contributed by atoms with E-state index in [2.05, 4.69) is 0 Å². The summed E-state index contributed by atoms with van der Waals surface area (Å²) in [4.78, 5) is 25.3. The zero-order valence-electron chi connectivity index (χ0n) is 12.1. The van der Waals surface area contributed by atoms with Crippen LogP contribution in [0.25, 0.3) is 0 Å². The minimum Gasteiger partial charge on any atom is -0.497 e. The van der Waals surface area contributed by atoms with Crippen molar-refractivity contribution in [2.24, 2.45) is 0 Å². The van der Waals surface area contributed by atoms with Crippen molar-refractivity contribution in [2.75, 3.05) is 14.2 Å². The zero-order chi connectivity index (χ0) is 14.5. The van der Waals surface area contributed by atoms with Gasteiger partial charge >= 0.3 is 0 Å². The molecular formula is C16H21NO3. The SMILES string of the molecule is COc1ccc(CC(=O)N(C)C2CCC(=O)CC2)cc1. The van der Waals surface area contributed by atoms with E-state index in [0.29, 0.717) is 25.0 Å². The molecule has 0 spiro atoms. The fourth-order valence-electron chi connectivity index (χ4n) is 2.56. The molecule has 0 bridgehead atoms. The molecule has 0 unspecified atom stereocenters. The number of hydrogen-bond acceptors (Lipinski definition) is 3. The monoisotopic (exact) mass is 275 g/mol. The minimum atomic E-state index is 0.106. The van der Waals surface area contributed by atoms with Crippen LogP contribution in [0, 0.1) is 0 Å². The Morgan fingerprint density at radius 1 is 1.25 bits per heavy atom. The van der Waals surface area contributed by atoms with E-state index in [4.69, 9.17) is 4.74 Å². The van der Waals surface area contributed by atoms with Crippen LogP contribution >= 0.6 is 0 Å². The molecule has 1 aliphatic rings. The maximum absolute atomic E-state index is 12.3. The molecule has 0 heterocycles. The van der Waals surface area contributed by atoms with Crippen molar-refractivity contribution in [1.82, 2.24) is 4.90 Å². The molecule has 0 saturated heterocycles. The molecule has 4 heteroatoms. The van der Waals surface area contributed by atoms with E-state index in [1.807, 2.05) is 31.3 Å². The number of methoxy groups -OCH3 is 1. The molecule has 1 aromatic rings. The average molecular weight is 275 g/mol. The number of ketones is 1. The number of nitrogens with zero attached hydrogens (tertiary/aromatic N) is 1. The normalized spacial score (nSPS) is 16.0. The molecule has 1 aliphatic carbocycles. The van der Waals surface area contributed by atoms with Gasteiger partial charge in [0.1, 0.15) is 11.5 Å². The summed E-state index contributed by atoms with van der Waals surface area (Å²) >= 11 is 0. The number of rotatable bonds is 4. The Morgan fingerprint density at radius 3 is 2.40 bits per heavy atom. The largest absolute Gasteiger partial charge is 0.497 e. The third-order valence-electron chi connectivity index (χ3n) is 3.97. The maximum atomic E-state index is 12.3. The maximum Gasteiger partial charge on any atom is 0.226 e. The fourth-order valence-corrected chi connectivity index (χ4v) is 2.56. The van der Waals surface area contributed by atoms with Crippen LogP contribution < -0.4 is 4.74 Å². The highest BCUT2D eigenvalue weighted by Gasteiger charge is 2.25. The van der Waals surface area contributed by atoms with Gasteiger partial charge in [-0.2, -0.15) is 0 Å². The molecular weight excluding hydrogens is 254 g/mol. The van der Waals surface area contributed by atoms with Crippen LogP contribution in [0.3, 0.4) is 0 Å². The standard InChI is InChI=1S/C16H21NO3/c1-17(13-5-7-14(18)8-6-13)16(19)11-12-3-9-15(20-2)10-4-12/h3-4,9-10,13H,5-8,11H2,1-2H3. The molecule has 0 aliphatic heterocycles. The summed E-state index contributed by atoms with van der Waals surface area (Å²) in [5.41, 5.74) is 0.981. The van der Waals surface area contributed by atoms with Gasteiger partial charge in [-0.15, -0.1) is 0 Å². The van der Waals surface area contributed by atoms with E-state index in [1.165, 1.54) is 0 Å². The number of hydrogen-bond donors (Lipinski definition) is 0. The predicted octanol–water partition coefficient (Wildman–Crippen LogP) is 2.21. The molecule has 0 aromatic heterocycles. The Bertz CT molecular complexity index is 471. The van der Waals surface area contributed by atoms with Crippen molar-refractivity contribution in [3.05, 3.63) is 29.8 Å². The number of carbonyl (C=O) groups excluding carboxylic acids is 2. The van der Waals surface area contributed by atoms with Gasteiger partial charge in [-0.1, -0.05) is 12.1 Å². The topological polar surface area (TPSA) is 46.6 Å². The molecule has 4 nitrogen and oxygen atoms in total. The number of benzene rings is 1. The third kappa shape index (κ3) is 3.59. The van der Waals surface area contributed by atoms with Gasteiger partial charge in [-0.3, -0.25) is 9.59 Å². The summed E-state index contributed by atoms with van der Waals surface area (Å²) in [6, 6.07) is 7.76. The number of Topliss-reactive ketones (excluding diaryl/α,β-unsaturated/α-hetero) is 1. The lowest BCUT2D eigenvalue weighted by molar-refractivity contribution is -0.133. The number of likely N-dealkylation sites (N-methyl/N-ethyl adjacent to an activating group) is 1. The summed E-state index contributed by atoms with van der Waals surface area (Å²) in [6.07, 6.45) is 3.19. The molecule has 1 amide bonds. The Morgan fingerprint density at radius 2 is 1.85 bits per heavy atom. The fraction of sp³-hybridized carbons (Fsp3) is 0.500. The van der Waals surface area contributed by atoms with Crippen LogP contribution in [0.1, 0.15) is 31.2 Å². The van der Waals surface area contributed by atoms with Crippen molar-refractivity contribution in [2.45, 2.75) is 38.1 Å². The van der Waals surface area contributed by atoms with Gasteiger partial charge in [0.25, 0.3) is 0 Å². The first-order valence-corrected chi connectivity index (χ1v) is 7.00. The predicted molar refractivity (Wildman–Crippen MR) is 76.7 cm³/mol. The summed E-state index contributed by atoms with van der Waals surface area (Å²) in [5.74, 6) is 1.21. The van der Waals surface area contributed by atoms with Gasteiger partial charge in [0.05, 0.1) is 13.5 Å². The average Bonchev–Trinajstić information content (AvgIpc) is 2.48. The van der Waals surface area contributed by atoms with E-state index < -0.39 is 0 Å². The van der Waals surface area contributed by atoms with Crippen LogP contribution in [0.2, 0.25) is 0 Å². The first-order chi connectivity index (χ1) is 9.60. The second-order valence-corrected chi connectivity index (χ2v) is 5.30. The minimum absolute atomic E-state index is 0.106. The summed E-state index contributed by atoms with van der Waals surface area (Å²) in [5, 5.41) is 0. The van der Waals surface area contributed by atoms with Crippen molar-refractivity contribution in [1.29, 1.82) is 0 Å². The molecule has 1 saturated carbocycles. The Balaban J connectivity index is 1.91. The lowest BCUT2D eigenvalue weighted by atomic mass is 9.93. The van der Waals surface area contributed by atoms with E-state index in [9.17, 15) is 9.59 Å². The van der Waals surface area contributed by atoms with Gasteiger partial charge in [0.2, 0.25) is 5.91 Å². The lowest BCUT2D eigenvalue weighted by Crippen LogP contribution is -2.40. The van der Waals surface area contributed by atoms with Crippen molar-refractivity contribution < 1.29 is 14.3 Å². The van der Waals surface area contributed by atoms with E-state index >= 15 is 0 Å². The van der Waals surface area contributed by atoms with E-state index in [-0.39, 0.29) is 11.9 Å². The Kier molecular flexibility index (Phi) is 4.77. The lowest BCUT2D eigenvalue weighted by Gasteiger charge is -2.30. The Labute approximate surface area is 119 Å². The molecule has 0 radical (unpaired) electrons. The number of carbonyl (C=O) groups is 2. The molecule has 1 aromatic carbocycles. The first kappa shape index (κ1) is 14.6. The van der Waals surface area contributed by atoms with Crippen LogP contribution in [0.5, 0.6) is 5.75 Å². The number of ether oxygens (including phenoxy) is 1. The van der Waals surface area contributed by atoms with Crippen LogP contribution in [-0.4, -0.2) is 36.8 Å². The van der Waals surface area contributed by atoms with E-state index in [0.717, 1.165) is 24.2 Å². The molecule has 0 atom stereocenters. The summed E-state index contributed by atoms with van der Waals surface area (Å²) in [6.45, 7) is 0. The van der Waals surface area contributed by atoms with Crippen LogP contribution in [0.15, 0.2) is 24.3 Å². The van der Waals surface area contributed by atoms with Gasteiger partial charge < -0.3 is 9.64 Å². The third-order valence-corrected chi connectivity index (χ3v) is 3.97. The van der Waals surface area contributed by atoms with Crippen LogP contribution in [0.4, 0.5) is 0 Å². The molecule has 20 heavy (non-hydrogen) atoms. The van der Waals surface area contributed by atoms with Crippen molar-refractivity contribution in [3.8, 4) is 5.75 Å². The first-order valence-electron chi connectivity index (χ1n) is 7.00. The molecule has 1 fully saturated rings. The summed E-state index contributed by atoms with van der Waals surface area (Å²) < 4.78 is 5.10. The van der Waals surface area contributed by atoms with Crippen LogP contribution in [-0.2, 0) is 16.0 Å². The number of amides is 1. The smallest absolute Gasteiger partial charge is 0.226 e. The van der Waals surface area contributed by atoms with Crippen molar-refractivity contribution >= 4 is 11.7 Å². The second-order valence-electron chi connectivity index (χ2n) is 5.30. The quantitative estimate of drug-likeness (QED) is 0.846. The van der Waals surface area contributed by atoms with Gasteiger partial charge in [-0.25, -0.2) is 0 Å². The molecule has 0 N–H and O–H groups in total. The van der Waals surface area contributed by atoms with Gasteiger partial charge in [-0.05, 0) is 30.5 Å². The zero-order valence-corrected chi connectivity index (χ0v) is 12.1. The Hall–Kier alpha value is -1.84. The highest BCUT2D eigenvalue weighted by Crippen LogP contribution is 2.20. The molecule has 2 rings (SSSR count). The van der Waals surface area contributed by atoms with Gasteiger partial charge in [0.15, 0.2) is 0 Å². The second kappa shape index (κ2) is 6.55. The van der Waals surface area contributed by atoms with E-state index in [1.54, 1.807) is 12.0 Å². The van der Waals surface area contributed by atoms with Gasteiger partial charge in [0, 0.05) is 25.9 Å². The summed E-state index contributed by atoms with van der Waals surface area (Å²) in [7, 11) is 3.46.